The lowest BCUT2D eigenvalue weighted by Crippen LogP contribution is -2.43. The summed E-state index contributed by atoms with van der Waals surface area (Å²) in [6.45, 7) is 3.57. The Morgan fingerprint density at radius 3 is 2.62 bits per heavy atom. The van der Waals surface area contributed by atoms with Crippen LogP contribution in [0.4, 0.5) is 0 Å². The van der Waals surface area contributed by atoms with Crippen molar-refractivity contribution in [3.8, 4) is 0 Å². The number of likely N-dealkylation sites (tertiary alicyclic amines) is 1. The van der Waals surface area contributed by atoms with Crippen LogP contribution in [-0.4, -0.2) is 44.7 Å². The van der Waals surface area contributed by atoms with Crippen molar-refractivity contribution < 1.29 is 9.59 Å². The molecule has 1 aromatic carbocycles. The third-order valence-electron chi connectivity index (χ3n) is 7.10. The highest BCUT2D eigenvalue weighted by atomic mass is 16.2. The van der Waals surface area contributed by atoms with E-state index in [1.165, 1.54) is 0 Å². The van der Waals surface area contributed by atoms with Crippen molar-refractivity contribution in [1.29, 1.82) is 0 Å². The van der Waals surface area contributed by atoms with Gasteiger partial charge in [-0.2, -0.15) is 0 Å². The number of carbonyl (C=O) groups excluding carboxylic acids is 2. The van der Waals surface area contributed by atoms with E-state index in [0.29, 0.717) is 43.1 Å². The van der Waals surface area contributed by atoms with Crippen LogP contribution in [0.1, 0.15) is 73.6 Å². The Kier molecular flexibility index (Phi) is 5.57. The smallest absolute Gasteiger partial charge is 0.254 e. The second-order valence-corrected chi connectivity index (χ2v) is 9.34. The number of rotatable bonds is 4. The van der Waals surface area contributed by atoms with Gasteiger partial charge in [0.05, 0.1) is 24.2 Å². The van der Waals surface area contributed by atoms with Crippen molar-refractivity contribution in [2.45, 2.75) is 64.0 Å². The summed E-state index contributed by atoms with van der Waals surface area (Å²) in [6, 6.07) is 9.56. The quantitative estimate of drug-likeness (QED) is 0.802. The SMILES string of the molecule is C[C@H](C(=O)N1CCCC[C@@H]1c1nc2c(c(=O)[nH]1)CCN(C(=O)C1CC1)C2)c1ccccc1. The average Bonchev–Trinajstić information content (AvgIpc) is 3.68. The molecule has 168 valence electrons. The fourth-order valence-corrected chi connectivity index (χ4v) is 5.01. The zero-order valence-electron chi connectivity index (χ0n) is 18.5. The van der Waals surface area contributed by atoms with E-state index in [4.69, 9.17) is 4.98 Å². The standard InChI is InChI=1S/C25H30N4O3/c1-16(17-7-3-2-4-8-17)24(31)29-13-6-5-9-21(29)22-26-20-15-28(25(32)18-10-11-18)14-12-19(20)23(30)27-22/h2-4,7-8,16,18,21H,5-6,9-15H2,1H3,(H,26,27,30)/t16-,21+/m0/s1. The number of nitrogens with one attached hydrogen (secondary N) is 1. The molecule has 32 heavy (non-hydrogen) atoms. The van der Waals surface area contributed by atoms with Gasteiger partial charge in [0, 0.05) is 24.6 Å². The van der Waals surface area contributed by atoms with Gasteiger partial charge in [0.25, 0.3) is 5.56 Å². The second kappa shape index (κ2) is 8.52. The maximum atomic E-state index is 13.4. The summed E-state index contributed by atoms with van der Waals surface area (Å²) in [4.78, 5) is 50.4. The number of carbonyl (C=O) groups is 2. The monoisotopic (exact) mass is 434 g/mol. The molecule has 0 spiro atoms. The van der Waals surface area contributed by atoms with Gasteiger partial charge in [-0.1, -0.05) is 30.3 Å². The molecule has 1 saturated carbocycles. The Balaban J connectivity index is 1.42. The molecule has 2 aromatic rings. The highest BCUT2D eigenvalue weighted by molar-refractivity contribution is 5.84. The molecule has 7 heteroatoms. The fourth-order valence-electron chi connectivity index (χ4n) is 5.01. The number of fused-ring (bicyclic) bond motifs is 1. The van der Waals surface area contributed by atoms with E-state index in [0.717, 1.165) is 37.7 Å². The topological polar surface area (TPSA) is 86.4 Å². The third-order valence-corrected chi connectivity index (χ3v) is 7.10. The van der Waals surface area contributed by atoms with Gasteiger partial charge >= 0.3 is 0 Å². The summed E-state index contributed by atoms with van der Waals surface area (Å²) < 4.78 is 0. The molecule has 0 bridgehead atoms. The predicted molar refractivity (Wildman–Crippen MR) is 120 cm³/mol. The predicted octanol–water partition coefficient (Wildman–Crippen LogP) is 2.92. The van der Waals surface area contributed by atoms with Crippen LogP contribution in [0.2, 0.25) is 0 Å². The van der Waals surface area contributed by atoms with Gasteiger partial charge in [0.15, 0.2) is 0 Å². The minimum Gasteiger partial charge on any atom is -0.336 e. The molecule has 7 nitrogen and oxygen atoms in total. The van der Waals surface area contributed by atoms with Gasteiger partial charge < -0.3 is 14.8 Å². The lowest BCUT2D eigenvalue weighted by atomic mass is 9.95. The van der Waals surface area contributed by atoms with E-state index in [9.17, 15) is 14.4 Å². The third kappa shape index (κ3) is 3.96. The molecular weight excluding hydrogens is 404 g/mol. The summed E-state index contributed by atoms with van der Waals surface area (Å²) >= 11 is 0. The number of piperidine rings is 1. The number of H-pyrrole nitrogens is 1. The van der Waals surface area contributed by atoms with Crippen molar-refractivity contribution in [2.75, 3.05) is 13.1 Å². The van der Waals surface area contributed by atoms with E-state index < -0.39 is 0 Å². The number of aromatic amines is 1. The van der Waals surface area contributed by atoms with Gasteiger partial charge in [0.1, 0.15) is 5.82 Å². The van der Waals surface area contributed by atoms with Gasteiger partial charge in [-0.05, 0) is 51.0 Å². The molecule has 3 heterocycles. The molecule has 2 fully saturated rings. The van der Waals surface area contributed by atoms with Crippen molar-refractivity contribution in [3.05, 3.63) is 63.3 Å². The fraction of sp³-hybridized carbons (Fsp3) is 0.520. The Bertz CT molecular complexity index is 1080. The minimum absolute atomic E-state index is 0.0619. The maximum Gasteiger partial charge on any atom is 0.254 e. The molecule has 2 atom stereocenters. The van der Waals surface area contributed by atoms with Crippen LogP contribution in [0.25, 0.3) is 0 Å². The van der Waals surface area contributed by atoms with Gasteiger partial charge in [0.2, 0.25) is 11.8 Å². The van der Waals surface area contributed by atoms with Crippen molar-refractivity contribution in [1.82, 2.24) is 19.8 Å². The van der Waals surface area contributed by atoms with Crippen LogP contribution >= 0.6 is 0 Å². The lowest BCUT2D eigenvalue weighted by molar-refractivity contribution is -0.136. The number of hydrogen-bond donors (Lipinski definition) is 1. The zero-order valence-corrected chi connectivity index (χ0v) is 18.5. The molecule has 1 aliphatic carbocycles. The maximum absolute atomic E-state index is 13.4. The summed E-state index contributed by atoms with van der Waals surface area (Å²) in [7, 11) is 0. The molecule has 1 aromatic heterocycles. The van der Waals surface area contributed by atoms with Crippen LogP contribution in [0.15, 0.2) is 35.1 Å². The van der Waals surface area contributed by atoms with Crippen LogP contribution in [0, 0.1) is 5.92 Å². The summed E-state index contributed by atoms with van der Waals surface area (Å²) in [6.07, 6.45) is 5.18. The lowest BCUT2D eigenvalue weighted by Gasteiger charge is -2.37. The molecule has 2 aliphatic heterocycles. The van der Waals surface area contributed by atoms with Crippen LogP contribution < -0.4 is 5.56 Å². The average molecular weight is 435 g/mol. The molecule has 2 amide bonds. The second-order valence-electron chi connectivity index (χ2n) is 9.34. The van der Waals surface area contributed by atoms with E-state index in [1.807, 2.05) is 47.1 Å². The van der Waals surface area contributed by atoms with Gasteiger partial charge in [-0.3, -0.25) is 14.4 Å². The van der Waals surface area contributed by atoms with E-state index in [-0.39, 0.29) is 35.3 Å². The van der Waals surface area contributed by atoms with Crippen molar-refractivity contribution in [2.24, 2.45) is 5.92 Å². The summed E-state index contributed by atoms with van der Waals surface area (Å²) in [5.74, 6) is 0.705. The van der Waals surface area contributed by atoms with Gasteiger partial charge in [-0.15, -0.1) is 0 Å². The van der Waals surface area contributed by atoms with Crippen molar-refractivity contribution >= 4 is 11.8 Å². The Labute approximate surface area is 187 Å². The number of amides is 2. The first-order valence-electron chi connectivity index (χ1n) is 11.8. The molecule has 0 unspecified atom stereocenters. The number of benzene rings is 1. The Morgan fingerprint density at radius 2 is 1.88 bits per heavy atom. The number of nitrogens with zero attached hydrogens (tertiary/aromatic N) is 3. The molecule has 5 rings (SSSR count). The highest BCUT2D eigenvalue weighted by Gasteiger charge is 2.37. The normalized spacial score (nSPS) is 21.7. The number of aromatic nitrogens is 2. The zero-order chi connectivity index (χ0) is 22.2. The van der Waals surface area contributed by atoms with Crippen LogP contribution in [0.5, 0.6) is 0 Å². The Hall–Kier alpha value is -2.96. The van der Waals surface area contributed by atoms with Crippen LogP contribution in [-0.2, 0) is 22.6 Å². The van der Waals surface area contributed by atoms with E-state index >= 15 is 0 Å². The molecule has 1 N–H and O–H groups in total. The number of hydrogen-bond acceptors (Lipinski definition) is 4. The molecule has 3 aliphatic rings. The highest BCUT2D eigenvalue weighted by Crippen LogP contribution is 2.34. The minimum atomic E-state index is -0.257. The molecular formula is C25H30N4O3. The first-order valence-corrected chi connectivity index (χ1v) is 11.8. The largest absolute Gasteiger partial charge is 0.336 e. The van der Waals surface area contributed by atoms with Crippen molar-refractivity contribution in [3.63, 3.8) is 0 Å². The summed E-state index contributed by atoms with van der Waals surface area (Å²) in [5, 5.41) is 0. The van der Waals surface area contributed by atoms with E-state index in [2.05, 4.69) is 4.98 Å². The first kappa shape index (κ1) is 20.9. The van der Waals surface area contributed by atoms with E-state index in [1.54, 1.807) is 0 Å². The molecule has 1 saturated heterocycles. The Morgan fingerprint density at radius 1 is 1.09 bits per heavy atom. The summed E-state index contributed by atoms with van der Waals surface area (Å²) in [5.41, 5.74) is 2.23. The first-order chi connectivity index (χ1) is 15.5. The van der Waals surface area contributed by atoms with Gasteiger partial charge in [-0.25, -0.2) is 4.98 Å². The molecule has 0 radical (unpaired) electrons. The van der Waals surface area contributed by atoms with Crippen LogP contribution in [0.3, 0.4) is 0 Å².